The molecule has 0 unspecified atom stereocenters. The molecule has 0 aliphatic heterocycles. The summed E-state index contributed by atoms with van der Waals surface area (Å²) in [5, 5.41) is 6.87. The van der Waals surface area contributed by atoms with E-state index < -0.39 is 5.97 Å². The Hall–Kier alpha value is -2.69. The van der Waals surface area contributed by atoms with Crippen LogP contribution in [0.15, 0.2) is 28.4 Å². The van der Waals surface area contributed by atoms with Crippen LogP contribution in [0.25, 0.3) is 20.9 Å². The number of nitrogens with zero attached hydrogens (tertiary/aromatic N) is 6. The minimum atomic E-state index is -0.479. The van der Waals surface area contributed by atoms with Gasteiger partial charge < -0.3 is 4.74 Å². The Morgan fingerprint density at radius 3 is 2.39 bits per heavy atom. The maximum absolute atomic E-state index is 11.4. The highest BCUT2D eigenvalue weighted by molar-refractivity contribution is 5.89. The molecule has 92 valence electrons. The molecular weight excluding hydrogens is 236 g/mol. The van der Waals surface area contributed by atoms with Gasteiger partial charge in [-0.2, -0.15) is 0 Å². The topological polar surface area (TPSA) is 124 Å². The van der Waals surface area contributed by atoms with Crippen LogP contribution in [-0.2, 0) is 17.8 Å². The summed E-state index contributed by atoms with van der Waals surface area (Å²) in [6, 6.07) is 4.76. The lowest BCUT2D eigenvalue weighted by Crippen LogP contribution is -2.03. The zero-order valence-electron chi connectivity index (χ0n) is 9.65. The Morgan fingerprint density at radius 1 is 1.22 bits per heavy atom. The molecule has 0 spiro atoms. The fraction of sp³-hybridized carbons (Fsp3) is 0.300. The van der Waals surface area contributed by atoms with Crippen LogP contribution in [-0.4, -0.2) is 13.1 Å². The SMILES string of the molecule is COC(=O)c1ccc(CN=[N+]=[N-])c(CN=[N+]=[N-])c1. The van der Waals surface area contributed by atoms with Crippen LogP contribution >= 0.6 is 0 Å². The zero-order chi connectivity index (χ0) is 13.4. The van der Waals surface area contributed by atoms with Gasteiger partial charge in [0.2, 0.25) is 0 Å². The van der Waals surface area contributed by atoms with Crippen molar-refractivity contribution in [3.05, 3.63) is 55.8 Å². The first kappa shape index (κ1) is 13.4. The van der Waals surface area contributed by atoms with Gasteiger partial charge in [-0.3, -0.25) is 0 Å². The number of hydrogen-bond acceptors (Lipinski definition) is 4. The number of methoxy groups -OCH3 is 1. The average Bonchev–Trinajstić information content (AvgIpc) is 2.42. The molecule has 0 N–H and O–H groups in total. The third-order valence-electron chi connectivity index (χ3n) is 2.24. The second kappa shape index (κ2) is 6.80. The van der Waals surface area contributed by atoms with E-state index in [0.29, 0.717) is 16.7 Å². The van der Waals surface area contributed by atoms with Gasteiger partial charge in [-0.1, -0.05) is 16.3 Å². The quantitative estimate of drug-likeness (QED) is 0.342. The van der Waals surface area contributed by atoms with Crippen LogP contribution in [0.5, 0.6) is 0 Å². The van der Waals surface area contributed by atoms with Crippen LogP contribution < -0.4 is 0 Å². The van der Waals surface area contributed by atoms with Crippen molar-refractivity contribution in [1.82, 2.24) is 0 Å². The smallest absolute Gasteiger partial charge is 0.337 e. The van der Waals surface area contributed by atoms with Gasteiger partial charge in [0.05, 0.1) is 25.8 Å². The maximum atomic E-state index is 11.4. The van der Waals surface area contributed by atoms with E-state index in [-0.39, 0.29) is 13.1 Å². The molecule has 18 heavy (non-hydrogen) atoms. The van der Waals surface area contributed by atoms with Crippen LogP contribution in [0.3, 0.4) is 0 Å². The minimum absolute atomic E-state index is 0.0810. The van der Waals surface area contributed by atoms with Crippen molar-refractivity contribution in [1.29, 1.82) is 0 Å². The number of esters is 1. The summed E-state index contributed by atoms with van der Waals surface area (Å²) in [6.07, 6.45) is 0. The Balaban J connectivity index is 3.14. The van der Waals surface area contributed by atoms with Crippen LogP contribution in [0.2, 0.25) is 0 Å². The van der Waals surface area contributed by atoms with Gasteiger partial charge in [-0.25, -0.2) is 4.79 Å². The number of hydrogen-bond donors (Lipinski definition) is 0. The van der Waals surface area contributed by atoms with Gasteiger partial charge in [-0.05, 0) is 34.3 Å². The highest BCUT2D eigenvalue weighted by Crippen LogP contribution is 2.15. The van der Waals surface area contributed by atoms with E-state index in [2.05, 4.69) is 24.8 Å². The zero-order valence-corrected chi connectivity index (χ0v) is 9.65. The number of ether oxygens (including phenoxy) is 1. The summed E-state index contributed by atoms with van der Waals surface area (Å²) in [5.74, 6) is -0.479. The highest BCUT2D eigenvalue weighted by Gasteiger charge is 2.08. The normalized spacial score (nSPS) is 8.94. The first-order valence-electron chi connectivity index (χ1n) is 4.94. The van der Waals surface area contributed by atoms with Crippen molar-refractivity contribution in [2.24, 2.45) is 10.2 Å². The lowest BCUT2D eigenvalue weighted by molar-refractivity contribution is 0.0600. The van der Waals surface area contributed by atoms with Crippen molar-refractivity contribution >= 4 is 5.97 Å². The Labute approximate surface area is 102 Å². The fourth-order valence-electron chi connectivity index (χ4n) is 1.39. The summed E-state index contributed by atoms with van der Waals surface area (Å²) in [4.78, 5) is 16.7. The van der Waals surface area contributed by atoms with E-state index in [0.717, 1.165) is 0 Å². The largest absolute Gasteiger partial charge is 0.465 e. The molecule has 8 heteroatoms. The maximum Gasteiger partial charge on any atom is 0.337 e. The molecule has 0 radical (unpaired) electrons. The van der Waals surface area contributed by atoms with E-state index in [9.17, 15) is 4.79 Å². The molecule has 1 aromatic rings. The van der Waals surface area contributed by atoms with Crippen LogP contribution in [0, 0.1) is 0 Å². The third-order valence-corrected chi connectivity index (χ3v) is 2.24. The Kier molecular flexibility index (Phi) is 5.05. The van der Waals surface area contributed by atoms with E-state index in [1.807, 2.05) is 0 Å². The predicted molar refractivity (Wildman–Crippen MR) is 63.5 cm³/mol. The van der Waals surface area contributed by atoms with Gasteiger partial charge in [0.1, 0.15) is 0 Å². The first-order chi connectivity index (χ1) is 8.72. The molecule has 1 rings (SSSR count). The molecule has 0 atom stereocenters. The van der Waals surface area contributed by atoms with Crippen molar-refractivity contribution in [2.45, 2.75) is 13.1 Å². The second-order valence-electron chi connectivity index (χ2n) is 3.25. The number of carbonyl (C=O) groups excluding carboxylic acids is 1. The highest BCUT2D eigenvalue weighted by atomic mass is 16.5. The molecule has 0 aliphatic carbocycles. The molecule has 1 aromatic carbocycles. The number of rotatable bonds is 5. The van der Waals surface area contributed by atoms with Gasteiger partial charge in [0.25, 0.3) is 0 Å². The molecule has 0 bridgehead atoms. The Morgan fingerprint density at radius 2 is 1.83 bits per heavy atom. The molecule has 0 heterocycles. The Bertz CT molecular complexity index is 543. The predicted octanol–water partition coefficient (Wildman–Crippen LogP) is 3.09. The van der Waals surface area contributed by atoms with E-state index >= 15 is 0 Å². The monoisotopic (exact) mass is 246 g/mol. The summed E-state index contributed by atoms with van der Waals surface area (Å²) in [5.41, 5.74) is 18.3. The molecule has 8 nitrogen and oxygen atoms in total. The van der Waals surface area contributed by atoms with Gasteiger partial charge >= 0.3 is 5.97 Å². The summed E-state index contributed by atoms with van der Waals surface area (Å²) in [7, 11) is 1.28. The van der Waals surface area contributed by atoms with Gasteiger partial charge in [-0.15, -0.1) is 0 Å². The molecular formula is C10H10N6O2. The van der Waals surface area contributed by atoms with Crippen LogP contribution in [0.4, 0.5) is 0 Å². The van der Waals surface area contributed by atoms with Crippen molar-refractivity contribution < 1.29 is 9.53 Å². The minimum Gasteiger partial charge on any atom is -0.465 e. The average molecular weight is 246 g/mol. The molecule has 0 amide bonds. The standard InChI is InChI=1S/C10H10N6O2/c1-18-10(17)7-2-3-8(5-13-15-11)9(4-7)6-14-16-12/h2-4H,5-6H2,1H3. The van der Waals surface area contributed by atoms with Crippen molar-refractivity contribution in [3.63, 3.8) is 0 Å². The molecule has 0 saturated heterocycles. The fourth-order valence-corrected chi connectivity index (χ4v) is 1.39. The number of benzene rings is 1. The summed E-state index contributed by atoms with van der Waals surface area (Å²) >= 11 is 0. The number of carbonyl (C=O) groups is 1. The molecule has 0 aliphatic rings. The van der Waals surface area contributed by atoms with Gasteiger partial charge in [0.15, 0.2) is 0 Å². The lowest BCUT2D eigenvalue weighted by Gasteiger charge is -2.07. The van der Waals surface area contributed by atoms with E-state index in [1.165, 1.54) is 7.11 Å². The lowest BCUT2D eigenvalue weighted by atomic mass is 10.0. The summed E-state index contributed by atoms with van der Waals surface area (Å²) in [6.45, 7) is 0.214. The van der Waals surface area contributed by atoms with Crippen LogP contribution in [0.1, 0.15) is 21.5 Å². The molecule has 0 fully saturated rings. The molecule has 0 saturated carbocycles. The first-order valence-corrected chi connectivity index (χ1v) is 4.94. The van der Waals surface area contributed by atoms with Crippen molar-refractivity contribution in [2.75, 3.05) is 7.11 Å². The second-order valence-corrected chi connectivity index (χ2v) is 3.25. The third kappa shape index (κ3) is 3.41. The van der Waals surface area contributed by atoms with Gasteiger partial charge in [0, 0.05) is 9.82 Å². The summed E-state index contributed by atoms with van der Waals surface area (Å²) < 4.78 is 4.59. The van der Waals surface area contributed by atoms with E-state index in [1.54, 1.807) is 18.2 Å². The van der Waals surface area contributed by atoms with E-state index in [4.69, 9.17) is 11.1 Å². The van der Waals surface area contributed by atoms with Crippen molar-refractivity contribution in [3.8, 4) is 0 Å². The molecule has 0 aromatic heterocycles. The number of azide groups is 2.